The predicted octanol–water partition coefficient (Wildman–Crippen LogP) is 1.61. The summed E-state index contributed by atoms with van der Waals surface area (Å²) < 4.78 is 0. The number of carbonyl (C=O) groups is 1. The third-order valence-corrected chi connectivity index (χ3v) is 3.87. The van der Waals surface area contributed by atoms with Crippen molar-refractivity contribution in [2.24, 2.45) is 0 Å². The summed E-state index contributed by atoms with van der Waals surface area (Å²) in [7, 11) is 3.96. The van der Waals surface area contributed by atoms with E-state index in [-0.39, 0.29) is 5.91 Å². The van der Waals surface area contributed by atoms with Crippen molar-refractivity contribution >= 4 is 22.9 Å². The van der Waals surface area contributed by atoms with Crippen LogP contribution in [0.2, 0.25) is 0 Å². The van der Waals surface area contributed by atoms with Gasteiger partial charge in [-0.3, -0.25) is 4.79 Å². The van der Waals surface area contributed by atoms with Gasteiger partial charge in [0.05, 0.1) is 12.1 Å². The smallest absolute Gasteiger partial charge is 0.226 e. The van der Waals surface area contributed by atoms with Crippen molar-refractivity contribution in [1.29, 1.82) is 0 Å². The average molecular weight is 304 g/mol. The largest absolute Gasteiger partial charge is 0.399 e. The highest BCUT2D eigenvalue weighted by Gasteiger charge is 2.08. The fourth-order valence-corrected chi connectivity index (χ4v) is 2.62. The van der Waals surface area contributed by atoms with Gasteiger partial charge >= 0.3 is 0 Å². The highest BCUT2D eigenvalue weighted by Crippen LogP contribution is 2.24. The number of nitrogens with one attached hydrogen (secondary N) is 1. The molecule has 0 aliphatic carbocycles. The minimum atomic E-state index is 0.00556. The lowest BCUT2D eigenvalue weighted by atomic mass is 10.2. The van der Waals surface area contributed by atoms with Crippen LogP contribution in [0.5, 0.6) is 0 Å². The van der Waals surface area contributed by atoms with Crippen molar-refractivity contribution in [3.8, 4) is 10.6 Å². The molecule has 0 aliphatic heterocycles. The summed E-state index contributed by atoms with van der Waals surface area (Å²) in [5, 5.41) is 5.72. The number of anilines is 1. The zero-order valence-electron chi connectivity index (χ0n) is 12.3. The molecule has 1 aromatic carbocycles. The van der Waals surface area contributed by atoms with Crippen molar-refractivity contribution in [3.63, 3.8) is 0 Å². The molecule has 3 N–H and O–H groups in total. The Morgan fingerprint density at radius 3 is 2.71 bits per heavy atom. The maximum Gasteiger partial charge on any atom is 0.226 e. The molecule has 1 heterocycles. The number of likely N-dealkylation sites (N-methyl/N-ethyl adjacent to an activating group) is 1. The van der Waals surface area contributed by atoms with E-state index in [1.54, 1.807) is 0 Å². The average Bonchev–Trinajstić information content (AvgIpc) is 2.87. The number of rotatable bonds is 6. The lowest BCUT2D eigenvalue weighted by Gasteiger charge is -2.09. The van der Waals surface area contributed by atoms with Crippen LogP contribution in [0.3, 0.4) is 0 Å². The van der Waals surface area contributed by atoms with Crippen molar-refractivity contribution in [2.45, 2.75) is 6.42 Å². The van der Waals surface area contributed by atoms with E-state index in [9.17, 15) is 4.79 Å². The van der Waals surface area contributed by atoms with Gasteiger partial charge in [-0.15, -0.1) is 11.3 Å². The lowest BCUT2D eigenvalue weighted by molar-refractivity contribution is -0.120. The number of nitrogen functional groups attached to an aromatic ring is 1. The van der Waals surface area contributed by atoms with Crippen LogP contribution in [0.1, 0.15) is 5.69 Å². The van der Waals surface area contributed by atoms with Gasteiger partial charge < -0.3 is 16.0 Å². The molecule has 2 aromatic rings. The van der Waals surface area contributed by atoms with Crippen LogP contribution in [0, 0.1) is 0 Å². The van der Waals surface area contributed by atoms with E-state index in [4.69, 9.17) is 5.73 Å². The fraction of sp³-hybridized carbons (Fsp3) is 0.333. The second-order valence-electron chi connectivity index (χ2n) is 5.10. The summed E-state index contributed by atoms with van der Waals surface area (Å²) >= 11 is 1.54. The maximum absolute atomic E-state index is 11.8. The van der Waals surface area contributed by atoms with Crippen LogP contribution in [0.15, 0.2) is 29.6 Å². The van der Waals surface area contributed by atoms with Gasteiger partial charge in [-0.2, -0.15) is 0 Å². The van der Waals surface area contributed by atoms with E-state index in [0.29, 0.717) is 13.0 Å². The van der Waals surface area contributed by atoms with Gasteiger partial charge in [0.15, 0.2) is 0 Å². The standard InChI is InChI=1S/C15H20N4OS/c1-19(2)8-7-17-14(20)9-13-10-21-15(18-13)11-3-5-12(16)6-4-11/h3-6,10H,7-9,16H2,1-2H3,(H,17,20). The van der Waals surface area contributed by atoms with Crippen molar-refractivity contribution in [1.82, 2.24) is 15.2 Å². The molecule has 0 fully saturated rings. The quantitative estimate of drug-likeness (QED) is 0.796. The van der Waals surface area contributed by atoms with E-state index in [1.165, 1.54) is 11.3 Å². The Morgan fingerprint density at radius 2 is 2.05 bits per heavy atom. The van der Waals surface area contributed by atoms with Crippen LogP contribution in [-0.2, 0) is 11.2 Å². The first-order valence-corrected chi connectivity index (χ1v) is 7.64. The van der Waals surface area contributed by atoms with E-state index in [1.807, 2.05) is 48.6 Å². The Labute approximate surface area is 128 Å². The van der Waals surface area contributed by atoms with Gasteiger partial charge in [-0.05, 0) is 38.4 Å². The summed E-state index contributed by atoms with van der Waals surface area (Å²) in [5.74, 6) is 0.00556. The summed E-state index contributed by atoms with van der Waals surface area (Å²) in [6.07, 6.45) is 0.318. The van der Waals surface area contributed by atoms with Gasteiger partial charge in [0.2, 0.25) is 5.91 Å². The second kappa shape index (κ2) is 7.19. The molecule has 5 nitrogen and oxygen atoms in total. The number of carbonyl (C=O) groups excluding carboxylic acids is 1. The molecule has 0 atom stereocenters. The minimum absolute atomic E-state index is 0.00556. The van der Waals surface area contributed by atoms with Gasteiger partial charge in [0.25, 0.3) is 0 Å². The zero-order chi connectivity index (χ0) is 15.2. The van der Waals surface area contributed by atoms with Crippen LogP contribution >= 0.6 is 11.3 Å². The molecule has 0 radical (unpaired) electrons. The van der Waals surface area contributed by atoms with Gasteiger partial charge in [-0.1, -0.05) is 0 Å². The van der Waals surface area contributed by atoms with Crippen molar-refractivity contribution in [3.05, 3.63) is 35.3 Å². The Bertz CT molecular complexity index is 592. The molecular weight excluding hydrogens is 284 g/mol. The highest BCUT2D eigenvalue weighted by atomic mass is 32.1. The van der Waals surface area contributed by atoms with Crippen LogP contribution < -0.4 is 11.1 Å². The first-order valence-electron chi connectivity index (χ1n) is 6.76. The van der Waals surface area contributed by atoms with Crippen LogP contribution in [0.4, 0.5) is 5.69 Å². The number of nitrogens with zero attached hydrogens (tertiary/aromatic N) is 2. The second-order valence-corrected chi connectivity index (χ2v) is 5.95. The maximum atomic E-state index is 11.8. The number of aromatic nitrogens is 1. The fourth-order valence-electron chi connectivity index (χ4n) is 1.79. The summed E-state index contributed by atoms with van der Waals surface area (Å²) in [5.41, 5.74) is 8.22. The highest BCUT2D eigenvalue weighted by molar-refractivity contribution is 7.13. The van der Waals surface area contributed by atoms with Crippen molar-refractivity contribution < 1.29 is 4.79 Å². The molecule has 0 aliphatic rings. The topological polar surface area (TPSA) is 71.2 Å². The summed E-state index contributed by atoms with van der Waals surface area (Å²) in [6.45, 7) is 1.49. The number of hydrogen-bond donors (Lipinski definition) is 2. The minimum Gasteiger partial charge on any atom is -0.399 e. The predicted molar refractivity (Wildman–Crippen MR) is 87.2 cm³/mol. The third-order valence-electron chi connectivity index (χ3n) is 2.93. The number of amides is 1. The van der Waals surface area contributed by atoms with E-state index in [0.717, 1.165) is 28.5 Å². The zero-order valence-corrected chi connectivity index (χ0v) is 13.1. The Balaban J connectivity index is 1.91. The van der Waals surface area contributed by atoms with E-state index < -0.39 is 0 Å². The first kappa shape index (κ1) is 15.5. The molecule has 1 aromatic heterocycles. The Morgan fingerprint density at radius 1 is 1.33 bits per heavy atom. The molecule has 0 saturated carbocycles. The number of thiazole rings is 1. The molecule has 0 saturated heterocycles. The third kappa shape index (κ3) is 4.84. The molecule has 1 amide bonds. The van der Waals surface area contributed by atoms with Crippen molar-refractivity contribution in [2.75, 3.05) is 32.9 Å². The van der Waals surface area contributed by atoms with Crippen LogP contribution in [-0.4, -0.2) is 43.0 Å². The van der Waals surface area contributed by atoms with Gasteiger partial charge in [0, 0.05) is 29.7 Å². The normalized spacial score (nSPS) is 10.8. The molecule has 0 spiro atoms. The molecular formula is C15H20N4OS. The Kier molecular flexibility index (Phi) is 5.30. The van der Waals surface area contributed by atoms with E-state index in [2.05, 4.69) is 10.3 Å². The number of nitrogens with two attached hydrogens (primary N) is 1. The van der Waals surface area contributed by atoms with Gasteiger partial charge in [-0.25, -0.2) is 4.98 Å². The van der Waals surface area contributed by atoms with Gasteiger partial charge in [0.1, 0.15) is 5.01 Å². The van der Waals surface area contributed by atoms with Crippen LogP contribution in [0.25, 0.3) is 10.6 Å². The first-order chi connectivity index (χ1) is 10.0. The summed E-state index contributed by atoms with van der Waals surface area (Å²) in [4.78, 5) is 18.3. The number of benzene rings is 1. The lowest BCUT2D eigenvalue weighted by Crippen LogP contribution is -2.32. The molecule has 0 unspecified atom stereocenters. The van der Waals surface area contributed by atoms with E-state index >= 15 is 0 Å². The monoisotopic (exact) mass is 304 g/mol. The molecule has 6 heteroatoms. The summed E-state index contributed by atoms with van der Waals surface area (Å²) in [6, 6.07) is 7.58. The molecule has 21 heavy (non-hydrogen) atoms. The SMILES string of the molecule is CN(C)CCNC(=O)Cc1csc(-c2ccc(N)cc2)n1. The molecule has 112 valence electrons. The molecule has 2 rings (SSSR count). The Hall–Kier alpha value is -1.92. The molecule has 0 bridgehead atoms. The number of hydrogen-bond acceptors (Lipinski definition) is 5.